The molecular weight excluding hydrogens is 361 g/mol. The van der Waals surface area contributed by atoms with E-state index in [1.54, 1.807) is 0 Å². The molecule has 2 amide bonds. The lowest BCUT2D eigenvalue weighted by atomic mass is 10.1. The van der Waals surface area contributed by atoms with Crippen LogP contribution in [-0.4, -0.2) is 26.8 Å². The zero-order valence-corrected chi connectivity index (χ0v) is 14.3. The van der Waals surface area contributed by atoms with Crippen molar-refractivity contribution in [2.24, 2.45) is 5.73 Å². The van der Waals surface area contributed by atoms with Gasteiger partial charge in [-0.15, -0.1) is 6.58 Å². The quantitative estimate of drug-likeness (QED) is 0.636. The second kappa shape index (κ2) is 7.89. The number of rotatable bonds is 7. The van der Waals surface area contributed by atoms with E-state index in [9.17, 15) is 22.4 Å². The number of benzene rings is 2. The molecule has 2 aromatic rings. The predicted octanol–water partition coefficient (Wildman–Crippen LogP) is 1.64. The smallest absolute Gasteiger partial charge is 0.255 e. The summed E-state index contributed by atoms with van der Waals surface area (Å²) in [6.45, 7) is 3.30. The van der Waals surface area contributed by atoms with Gasteiger partial charge in [0, 0.05) is 23.4 Å². The fourth-order valence-electron chi connectivity index (χ4n) is 2.02. The van der Waals surface area contributed by atoms with E-state index >= 15 is 0 Å². The Balaban J connectivity index is 2.25. The van der Waals surface area contributed by atoms with Crippen LogP contribution in [0.25, 0.3) is 0 Å². The maximum absolute atomic E-state index is 13.9. The molecule has 0 spiro atoms. The van der Waals surface area contributed by atoms with Crippen LogP contribution in [0.15, 0.2) is 60.0 Å². The zero-order chi connectivity index (χ0) is 19.3. The van der Waals surface area contributed by atoms with Crippen LogP contribution in [0.1, 0.15) is 20.7 Å². The molecule has 0 saturated carbocycles. The Morgan fingerprint density at radius 1 is 1.12 bits per heavy atom. The van der Waals surface area contributed by atoms with Gasteiger partial charge in [-0.3, -0.25) is 9.59 Å². The second-order valence-corrected chi connectivity index (χ2v) is 6.92. The first-order valence-corrected chi connectivity index (χ1v) is 8.84. The molecule has 0 radical (unpaired) electrons. The lowest BCUT2D eigenvalue weighted by Gasteiger charge is -2.09. The van der Waals surface area contributed by atoms with E-state index in [2.05, 4.69) is 16.6 Å². The number of nitrogens with two attached hydrogens (primary N) is 1. The van der Waals surface area contributed by atoms with Gasteiger partial charge in [0.1, 0.15) is 10.7 Å². The number of amides is 2. The Bertz CT molecular complexity index is 956. The minimum Gasteiger partial charge on any atom is -0.366 e. The van der Waals surface area contributed by atoms with E-state index in [0.717, 1.165) is 18.2 Å². The number of carbonyl (C=O) groups excluding carboxylic acids is 2. The third kappa shape index (κ3) is 4.52. The molecule has 0 aromatic heterocycles. The summed E-state index contributed by atoms with van der Waals surface area (Å²) in [5.41, 5.74) is 5.71. The molecule has 0 aliphatic carbocycles. The van der Waals surface area contributed by atoms with Crippen LogP contribution in [0.5, 0.6) is 0 Å². The van der Waals surface area contributed by atoms with Crippen LogP contribution in [0.2, 0.25) is 0 Å². The zero-order valence-electron chi connectivity index (χ0n) is 13.5. The van der Waals surface area contributed by atoms with Gasteiger partial charge in [0.05, 0.1) is 0 Å². The Labute approximate surface area is 149 Å². The minimum atomic E-state index is -4.12. The minimum absolute atomic E-state index is 0.0515. The molecular formula is C17H16FN3O4S. The van der Waals surface area contributed by atoms with Crippen molar-refractivity contribution >= 4 is 27.5 Å². The summed E-state index contributed by atoms with van der Waals surface area (Å²) in [6.07, 6.45) is 1.31. The number of sulfonamides is 1. The van der Waals surface area contributed by atoms with E-state index in [1.807, 2.05) is 0 Å². The summed E-state index contributed by atoms with van der Waals surface area (Å²) in [4.78, 5) is 22.7. The maximum Gasteiger partial charge on any atom is 0.255 e. The van der Waals surface area contributed by atoms with Crippen LogP contribution in [-0.2, 0) is 10.0 Å². The van der Waals surface area contributed by atoms with Crippen molar-refractivity contribution in [2.75, 3.05) is 11.9 Å². The molecule has 0 heterocycles. The highest BCUT2D eigenvalue weighted by molar-refractivity contribution is 7.89. The molecule has 2 aromatic carbocycles. The number of anilines is 1. The SMILES string of the molecule is C=CCNS(=O)(=O)c1cc(C(=O)Nc2ccc(C(N)=O)cc2)ccc1F. The lowest BCUT2D eigenvalue weighted by Crippen LogP contribution is -2.25. The summed E-state index contributed by atoms with van der Waals surface area (Å²) in [6, 6.07) is 8.78. The number of halogens is 1. The Morgan fingerprint density at radius 2 is 1.73 bits per heavy atom. The first-order chi connectivity index (χ1) is 12.2. The molecule has 26 heavy (non-hydrogen) atoms. The third-order valence-corrected chi connectivity index (χ3v) is 4.77. The van der Waals surface area contributed by atoms with Crippen molar-refractivity contribution in [1.29, 1.82) is 0 Å². The van der Waals surface area contributed by atoms with Crippen molar-refractivity contribution in [1.82, 2.24) is 4.72 Å². The van der Waals surface area contributed by atoms with Gasteiger partial charge in [-0.2, -0.15) is 0 Å². The molecule has 7 nitrogen and oxygen atoms in total. The Hall–Kier alpha value is -3.04. The van der Waals surface area contributed by atoms with Gasteiger partial charge < -0.3 is 11.1 Å². The van der Waals surface area contributed by atoms with Crippen LogP contribution in [0, 0.1) is 5.82 Å². The maximum atomic E-state index is 13.9. The fraction of sp³-hybridized carbons (Fsp3) is 0.0588. The first-order valence-electron chi connectivity index (χ1n) is 7.36. The number of carbonyl (C=O) groups is 2. The summed E-state index contributed by atoms with van der Waals surface area (Å²) in [5.74, 6) is -2.23. The molecule has 136 valence electrons. The van der Waals surface area contributed by atoms with Gasteiger partial charge in [-0.25, -0.2) is 17.5 Å². The molecule has 0 atom stereocenters. The van der Waals surface area contributed by atoms with Crippen LogP contribution in [0.3, 0.4) is 0 Å². The number of primary amides is 1. The highest BCUT2D eigenvalue weighted by Crippen LogP contribution is 2.18. The Morgan fingerprint density at radius 3 is 2.31 bits per heavy atom. The van der Waals surface area contributed by atoms with E-state index in [1.165, 1.54) is 30.3 Å². The van der Waals surface area contributed by atoms with Gasteiger partial charge in [-0.05, 0) is 42.5 Å². The van der Waals surface area contributed by atoms with E-state index in [4.69, 9.17) is 5.73 Å². The molecule has 0 unspecified atom stereocenters. The van der Waals surface area contributed by atoms with Crippen molar-refractivity contribution in [3.63, 3.8) is 0 Å². The number of hydrogen-bond acceptors (Lipinski definition) is 4. The third-order valence-electron chi connectivity index (χ3n) is 3.33. The number of hydrogen-bond donors (Lipinski definition) is 3. The van der Waals surface area contributed by atoms with Gasteiger partial charge in [-0.1, -0.05) is 6.08 Å². The summed E-state index contributed by atoms with van der Waals surface area (Å²) in [7, 11) is -4.12. The van der Waals surface area contributed by atoms with Gasteiger partial charge in [0.15, 0.2) is 0 Å². The first kappa shape index (κ1) is 19.3. The standard InChI is InChI=1S/C17H16FN3O4S/c1-2-9-20-26(24,25)15-10-12(5-8-14(15)18)17(23)21-13-6-3-11(4-7-13)16(19)22/h2-8,10,20H,1,9H2,(H2,19,22)(H,21,23). The van der Waals surface area contributed by atoms with E-state index in [0.29, 0.717) is 5.69 Å². The van der Waals surface area contributed by atoms with Gasteiger partial charge in [0.25, 0.3) is 5.91 Å². The van der Waals surface area contributed by atoms with Crippen molar-refractivity contribution < 1.29 is 22.4 Å². The molecule has 0 fully saturated rings. The average molecular weight is 377 g/mol. The average Bonchev–Trinajstić information content (AvgIpc) is 2.60. The highest BCUT2D eigenvalue weighted by Gasteiger charge is 2.20. The second-order valence-electron chi connectivity index (χ2n) is 5.18. The molecule has 9 heteroatoms. The summed E-state index contributed by atoms with van der Waals surface area (Å²) >= 11 is 0. The lowest BCUT2D eigenvalue weighted by molar-refractivity contribution is 0.0998. The van der Waals surface area contributed by atoms with E-state index < -0.39 is 32.6 Å². The normalized spacial score (nSPS) is 11.0. The summed E-state index contributed by atoms with van der Waals surface area (Å²) in [5, 5.41) is 2.52. The van der Waals surface area contributed by atoms with Gasteiger partial charge >= 0.3 is 0 Å². The molecule has 0 bridgehead atoms. The number of nitrogens with one attached hydrogen (secondary N) is 2. The van der Waals surface area contributed by atoms with Crippen LogP contribution < -0.4 is 15.8 Å². The molecule has 0 aliphatic heterocycles. The fourth-order valence-corrected chi connectivity index (χ4v) is 3.12. The Kier molecular flexibility index (Phi) is 5.86. The largest absolute Gasteiger partial charge is 0.366 e. The molecule has 4 N–H and O–H groups in total. The van der Waals surface area contributed by atoms with Crippen molar-refractivity contribution in [3.05, 3.63) is 72.1 Å². The van der Waals surface area contributed by atoms with Gasteiger partial charge in [0.2, 0.25) is 15.9 Å². The van der Waals surface area contributed by atoms with Crippen LogP contribution >= 0.6 is 0 Å². The molecule has 0 aliphatic rings. The van der Waals surface area contributed by atoms with Crippen molar-refractivity contribution in [2.45, 2.75) is 4.90 Å². The van der Waals surface area contributed by atoms with Crippen LogP contribution in [0.4, 0.5) is 10.1 Å². The molecule has 2 rings (SSSR count). The summed E-state index contributed by atoms with van der Waals surface area (Å²) < 4.78 is 40.2. The predicted molar refractivity (Wildman–Crippen MR) is 94.7 cm³/mol. The topological polar surface area (TPSA) is 118 Å². The highest BCUT2D eigenvalue weighted by atomic mass is 32.2. The monoisotopic (exact) mass is 377 g/mol. The van der Waals surface area contributed by atoms with Crippen molar-refractivity contribution in [3.8, 4) is 0 Å². The van der Waals surface area contributed by atoms with E-state index in [-0.39, 0.29) is 17.7 Å². The molecule has 0 saturated heterocycles.